The average molecular weight is 653 g/mol. The fourth-order valence-electron chi connectivity index (χ4n) is 11.8. The van der Waals surface area contributed by atoms with Crippen molar-refractivity contribution in [3.8, 4) is 5.88 Å². The van der Waals surface area contributed by atoms with Gasteiger partial charge in [-0.05, 0) is 118 Å². The number of ether oxygens (including phenoxy) is 2. The second-order valence-corrected chi connectivity index (χ2v) is 16.9. The minimum atomic E-state index is -1.30. The van der Waals surface area contributed by atoms with Crippen molar-refractivity contribution in [2.24, 2.45) is 50.2 Å². The van der Waals surface area contributed by atoms with Gasteiger partial charge >= 0.3 is 17.9 Å². The summed E-state index contributed by atoms with van der Waals surface area (Å²) in [5.41, 5.74) is -2.21. The number of aliphatic carboxylic acids is 2. The zero-order valence-electron chi connectivity index (χ0n) is 29.3. The fourth-order valence-corrected chi connectivity index (χ4v) is 11.8. The van der Waals surface area contributed by atoms with Gasteiger partial charge in [-0.15, -0.1) is 0 Å². The topological polar surface area (TPSA) is 145 Å². The quantitative estimate of drug-likeness (QED) is 0.319. The zero-order valence-corrected chi connectivity index (χ0v) is 29.3. The third-order valence-corrected chi connectivity index (χ3v) is 14.9. The van der Waals surface area contributed by atoms with Crippen molar-refractivity contribution in [2.75, 3.05) is 13.7 Å². The number of ketones is 1. The molecule has 5 aliphatic rings. The number of rotatable bonds is 6. The van der Waals surface area contributed by atoms with E-state index in [2.05, 4.69) is 32.8 Å². The van der Waals surface area contributed by atoms with Gasteiger partial charge < -0.3 is 19.7 Å². The van der Waals surface area contributed by atoms with Crippen LogP contribution in [-0.2, 0) is 19.1 Å². The molecular formula is C37H52N2O8. The van der Waals surface area contributed by atoms with Gasteiger partial charge in [0.05, 0.1) is 36.8 Å². The number of hydrogen-bond acceptors (Lipinski definition) is 7. The SMILES string of the molecule is CCOC(=O)c1cnn(C2CCC3(C)C(CCC4(C)C3C(=O)C=C3C5CC(C)(C(=O)O)CCC5(C)CCC34C)C2(C)C(=O)O)c1OC. The number of hydrogen-bond donors (Lipinski definition) is 2. The maximum Gasteiger partial charge on any atom is 0.345 e. The first-order valence-corrected chi connectivity index (χ1v) is 17.4. The first kappa shape index (κ1) is 33.7. The van der Waals surface area contributed by atoms with Crippen molar-refractivity contribution < 1.29 is 38.9 Å². The van der Waals surface area contributed by atoms with Gasteiger partial charge in [-0.1, -0.05) is 33.3 Å². The minimum Gasteiger partial charge on any atom is -0.481 e. The van der Waals surface area contributed by atoms with Crippen LogP contribution < -0.4 is 4.74 Å². The zero-order chi connectivity index (χ0) is 34.5. The van der Waals surface area contributed by atoms with Crippen LogP contribution in [0.4, 0.5) is 0 Å². The Morgan fingerprint density at radius 3 is 2.26 bits per heavy atom. The highest BCUT2D eigenvalue weighted by Gasteiger charge is 2.72. The second kappa shape index (κ2) is 10.7. The van der Waals surface area contributed by atoms with E-state index in [0.29, 0.717) is 38.5 Å². The molecule has 0 bridgehead atoms. The number of carbonyl (C=O) groups excluding carboxylic acids is 2. The van der Waals surface area contributed by atoms with E-state index >= 15 is 0 Å². The number of aromatic nitrogens is 2. The summed E-state index contributed by atoms with van der Waals surface area (Å²) < 4.78 is 12.4. The lowest BCUT2D eigenvalue weighted by Crippen LogP contribution is -2.67. The average Bonchev–Trinajstić information content (AvgIpc) is 3.43. The number of carbonyl (C=O) groups is 4. The summed E-state index contributed by atoms with van der Waals surface area (Å²) in [6.07, 6.45) is 9.57. The molecule has 258 valence electrons. The molecule has 0 saturated heterocycles. The predicted octanol–water partition coefficient (Wildman–Crippen LogP) is 6.74. The van der Waals surface area contributed by atoms with Crippen molar-refractivity contribution in [3.63, 3.8) is 0 Å². The number of nitrogens with zero attached hydrogens (tertiary/aromatic N) is 2. The summed E-state index contributed by atoms with van der Waals surface area (Å²) in [5, 5.41) is 25.7. The molecule has 1 aromatic heterocycles. The minimum absolute atomic E-state index is 0.0178. The molecule has 0 aliphatic heterocycles. The summed E-state index contributed by atoms with van der Waals surface area (Å²) >= 11 is 0. The van der Waals surface area contributed by atoms with E-state index in [1.165, 1.54) is 13.3 Å². The van der Waals surface area contributed by atoms with Crippen LogP contribution in [0.5, 0.6) is 5.88 Å². The summed E-state index contributed by atoms with van der Waals surface area (Å²) in [6.45, 7) is 14.5. The molecule has 10 nitrogen and oxygen atoms in total. The van der Waals surface area contributed by atoms with Crippen molar-refractivity contribution in [3.05, 3.63) is 23.4 Å². The Morgan fingerprint density at radius 2 is 1.64 bits per heavy atom. The van der Waals surface area contributed by atoms with Crippen molar-refractivity contribution >= 4 is 23.7 Å². The first-order valence-electron chi connectivity index (χ1n) is 17.4. The van der Waals surface area contributed by atoms with E-state index in [9.17, 15) is 29.4 Å². The Kier molecular flexibility index (Phi) is 7.65. The van der Waals surface area contributed by atoms with Crippen LogP contribution in [-0.4, -0.2) is 57.4 Å². The summed E-state index contributed by atoms with van der Waals surface area (Å²) in [5.74, 6) is -2.75. The Bertz CT molecular complexity index is 1560. The van der Waals surface area contributed by atoms with Gasteiger partial charge in [0.25, 0.3) is 0 Å². The van der Waals surface area contributed by atoms with E-state index in [4.69, 9.17) is 9.47 Å². The smallest absolute Gasteiger partial charge is 0.345 e. The number of carboxylic acid groups (broad SMARTS) is 2. The second-order valence-electron chi connectivity index (χ2n) is 16.9. The van der Waals surface area contributed by atoms with E-state index in [0.717, 1.165) is 24.8 Å². The lowest BCUT2D eigenvalue weighted by molar-refractivity contribution is -0.205. The molecule has 5 aliphatic carbocycles. The van der Waals surface area contributed by atoms with Crippen LogP contribution in [0.1, 0.15) is 123 Å². The van der Waals surface area contributed by atoms with Crippen LogP contribution in [0.3, 0.4) is 0 Å². The molecular weight excluding hydrogens is 600 g/mol. The molecule has 4 fully saturated rings. The van der Waals surface area contributed by atoms with Gasteiger partial charge in [-0.2, -0.15) is 5.10 Å². The number of fused-ring (bicyclic) bond motifs is 7. The first-order chi connectivity index (χ1) is 21.9. The van der Waals surface area contributed by atoms with Crippen LogP contribution in [0.25, 0.3) is 0 Å². The maximum atomic E-state index is 14.7. The maximum absolute atomic E-state index is 14.7. The lowest BCUT2D eigenvalue weighted by atomic mass is 9.33. The van der Waals surface area contributed by atoms with Crippen LogP contribution in [0.15, 0.2) is 17.8 Å². The van der Waals surface area contributed by atoms with Crippen LogP contribution in [0.2, 0.25) is 0 Å². The van der Waals surface area contributed by atoms with Gasteiger partial charge in [-0.3, -0.25) is 14.4 Å². The van der Waals surface area contributed by atoms with Gasteiger partial charge in [0.2, 0.25) is 5.88 Å². The highest BCUT2D eigenvalue weighted by molar-refractivity contribution is 5.96. The molecule has 10 heteroatoms. The normalized spacial score (nSPS) is 44.2. The largest absolute Gasteiger partial charge is 0.481 e. The Balaban J connectivity index is 1.43. The molecule has 2 N–H and O–H groups in total. The van der Waals surface area contributed by atoms with Crippen molar-refractivity contribution in [2.45, 2.75) is 112 Å². The summed E-state index contributed by atoms with van der Waals surface area (Å²) in [7, 11) is 1.44. The number of methoxy groups -OCH3 is 1. The van der Waals surface area contributed by atoms with E-state index < -0.39 is 45.6 Å². The Hall–Kier alpha value is -3.17. The molecule has 4 saturated carbocycles. The van der Waals surface area contributed by atoms with E-state index in [1.54, 1.807) is 18.5 Å². The van der Waals surface area contributed by atoms with Crippen molar-refractivity contribution in [1.29, 1.82) is 0 Å². The standard InChI is InChI=1S/C37H52N2O8/c1-9-47-29(41)21-20-38-39(28(21)46-8)26-11-12-34(4)25(37(26,7)31(44)45)10-13-36(6)27(34)24(40)18-22-23-19-33(3,30(42)43)15-14-32(23,2)16-17-35(22,36)5/h18,20,23,25-27H,9-17,19H2,1-8H3,(H,42,43)(H,44,45). The molecule has 0 spiro atoms. The highest BCUT2D eigenvalue weighted by Crippen LogP contribution is 2.76. The summed E-state index contributed by atoms with van der Waals surface area (Å²) in [4.78, 5) is 53.3. The monoisotopic (exact) mass is 652 g/mol. The molecule has 1 aromatic rings. The number of allylic oxidation sites excluding steroid dienone is 2. The molecule has 47 heavy (non-hydrogen) atoms. The Morgan fingerprint density at radius 1 is 0.957 bits per heavy atom. The third kappa shape index (κ3) is 4.30. The predicted molar refractivity (Wildman–Crippen MR) is 173 cm³/mol. The lowest BCUT2D eigenvalue weighted by Gasteiger charge is -2.70. The van der Waals surface area contributed by atoms with E-state index in [1.807, 2.05) is 13.0 Å². The van der Waals surface area contributed by atoms with Gasteiger partial charge in [0.15, 0.2) is 5.78 Å². The van der Waals surface area contributed by atoms with Gasteiger partial charge in [0, 0.05) is 5.92 Å². The fraction of sp³-hybridized carbons (Fsp3) is 0.757. The van der Waals surface area contributed by atoms with Gasteiger partial charge in [-0.25, -0.2) is 9.48 Å². The number of carboxylic acids is 2. The molecule has 0 amide bonds. The van der Waals surface area contributed by atoms with Crippen LogP contribution in [0, 0.1) is 50.2 Å². The van der Waals surface area contributed by atoms with E-state index in [-0.39, 0.29) is 52.4 Å². The van der Waals surface area contributed by atoms with Crippen molar-refractivity contribution in [1.82, 2.24) is 9.78 Å². The van der Waals surface area contributed by atoms with Gasteiger partial charge in [0.1, 0.15) is 5.56 Å². The van der Waals surface area contributed by atoms with Crippen LogP contribution >= 0.6 is 0 Å². The molecule has 10 atom stereocenters. The summed E-state index contributed by atoms with van der Waals surface area (Å²) in [6, 6.07) is -0.604. The molecule has 0 aromatic carbocycles. The number of esters is 1. The molecule has 6 rings (SSSR count). The molecule has 0 radical (unpaired) electrons. The Labute approximate surface area is 277 Å². The molecule has 10 unspecified atom stereocenters. The third-order valence-electron chi connectivity index (χ3n) is 14.9. The molecule has 1 heterocycles. The highest BCUT2D eigenvalue weighted by atomic mass is 16.5.